The Bertz CT molecular complexity index is 897. The SMILES string of the molecule is O=C1OC(c2ccc(Cl)cc2Cl)=NC1=Cc1ccccc1OC(F)F. The number of cyclic esters (lactones) is 1. The molecule has 1 heterocycles. The third-order valence-corrected chi connectivity index (χ3v) is 3.76. The zero-order chi connectivity index (χ0) is 18.0. The number of carbonyl (C=O) groups is 1. The van der Waals surface area contributed by atoms with E-state index >= 15 is 0 Å². The lowest BCUT2D eigenvalue weighted by Crippen LogP contribution is -2.06. The van der Waals surface area contributed by atoms with Crippen LogP contribution in [0.3, 0.4) is 0 Å². The molecule has 0 bridgehead atoms. The van der Waals surface area contributed by atoms with Gasteiger partial charge in [0.15, 0.2) is 5.70 Å². The van der Waals surface area contributed by atoms with Crippen molar-refractivity contribution in [2.24, 2.45) is 4.99 Å². The second-order valence-electron chi connectivity index (χ2n) is 4.88. The standard InChI is InChI=1S/C17H9Cl2F2NO3/c18-10-5-6-11(12(19)8-10)15-22-13(16(23)25-15)7-9-3-1-2-4-14(9)24-17(20)21/h1-8,17H. The van der Waals surface area contributed by atoms with E-state index in [1.165, 1.54) is 30.3 Å². The zero-order valence-corrected chi connectivity index (χ0v) is 13.9. The van der Waals surface area contributed by atoms with Crippen molar-refractivity contribution in [2.45, 2.75) is 6.61 Å². The van der Waals surface area contributed by atoms with E-state index in [-0.39, 0.29) is 27.9 Å². The predicted molar refractivity (Wildman–Crippen MR) is 90.1 cm³/mol. The molecule has 128 valence electrons. The van der Waals surface area contributed by atoms with E-state index in [9.17, 15) is 13.6 Å². The predicted octanol–water partition coefficient (Wildman–Crippen LogP) is 4.94. The summed E-state index contributed by atoms with van der Waals surface area (Å²) >= 11 is 11.9. The number of hydrogen-bond donors (Lipinski definition) is 0. The van der Waals surface area contributed by atoms with Crippen molar-refractivity contribution in [3.63, 3.8) is 0 Å². The number of alkyl halides is 2. The minimum atomic E-state index is -2.98. The van der Waals surface area contributed by atoms with Crippen LogP contribution in [0.4, 0.5) is 8.78 Å². The van der Waals surface area contributed by atoms with Gasteiger partial charge in [-0.2, -0.15) is 8.78 Å². The molecule has 25 heavy (non-hydrogen) atoms. The number of benzene rings is 2. The first-order chi connectivity index (χ1) is 11.9. The molecule has 8 heteroatoms. The molecule has 0 fully saturated rings. The van der Waals surface area contributed by atoms with E-state index < -0.39 is 12.6 Å². The second kappa shape index (κ2) is 7.21. The van der Waals surface area contributed by atoms with Gasteiger partial charge >= 0.3 is 12.6 Å². The van der Waals surface area contributed by atoms with Gasteiger partial charge in [0.05, 0.1) is 10.6 Å². The molecule has 0 unspecified atom stereocenters. The van der Waals surface area contributed by atoms with Crippen LogP contribution in [0.5, 0.6) is 5.75 Å². The number of carbonyl (C=O) groups excluding carboxylic acids is 1. The number of rotatable bonds is 4. The summed E-state index contributed by atoms with van der Waals surface area (Å²) in [6.45, 7) is -2.98. The normalized spacial score (nSPS) is 15.5. The molecule has 0 spiro atoms. The highest BCUT2D eigenvalue weighted by Crippen LogP contribution is 2.28. The fourth-order valence-corrected chi connectivity index (χ4v) is 2.63. The summed E-state index contributed by atoms with van der Waals surface area (Å²) in [7, 11) is 0. The molecule has 2 aromatic rings. The molecule has 0 atom stereocenters. The molecule has 2 aromatic carbocycles. The van der Waals surface area contributed by atoms with Crippen molar-refractivity contribution < 1.29 is 23.0 Å². The highest BCUT2D eigenvalue weighted by atomic mass is 35.5. The van der Waals surface area contributed by atoms with Crippen molar-refractivity contribution in [1.82, 2.24) is 0 Å². The van der Waals surface area contributed by atoms with E-state index in [1.54, 1.807) is 18.2 Å². The Balaban J connectivity index is 1.97. The first kappa shape index (κ1) is 17.4. The maximum Gasteiger partial charge on any atom is 0.387 e. The van der Waals surface area contributed by atoms with Crippen LogP contribution >= 0.6 is 23.2 Å². The zero-order valence-electron chi connectivity index (χ0n) is 12.4. The van der Waals surface area contributed by atoms with E-state index in [0.717, 1.165) is 0 Å². The van der Waals surface area contributed by atoms with E-state index in [4.69, 9.17) is 27.9 Å². The molecule has 1 aliphatic rings. The van der Waals surface area contributed by atoms with Gasteiger partial charge in [-0.1, -0.05) is 41.4 Å². The molecule has 0 aromatic heterocycles. The van der Waals surface area contributed by atoms with Crippen molar-refractivity contribution in [1.29, 1.82) is 0 Å². The molecular weight excluding hydrogens is 375 g/mol. The van der Waals surface area contributed by atoms with Crippen LogP contribution in [0.1, 0.15) is 11.1 Å². The fraction of sp³-hybridized carbons (Fsp3) is 0.0588. The van der Waals surface area contributed by atoms with Crippen LogP contribution in [0.15, 0.2) is 53.2 Å². The summed E-state index contributed by atoms with van der Waals surface area (Å²) in [6, 6.07) is 10.7. The van der Waals surface area contributed by atoms with Crippen LogP contribution in [-0.2, 0) is 9.53 Å². The quantitative estimate of drug-likeness (QED) is 0.554. The first-order valence-corrected chi connectivity index (χ1v) is 7.71. The number of aliphatic imine (C=N–C) groups is 1. The van der Waals surface area contributed by atoms with Gasteiger partial charge in [-0.05, 0) is 30.3 Å². The maximum absolute atomic E-state index is 12.5. The Hall–Kier alpha value is -2.44. The number of hydrogen-bond acceptors (Lipinski definition) is 4. The highest BCUT2D eigenvalue weighted by Gasteiger charge is 2.26. The number of halogens is 4. The van der Waals surface area contributed by atoms with Gasteiger partial charge < -0.3 is 9.47 Å². The molecule has 4 nitrogen and oxygen atoms in total. The molecule has 3 rings (SSSR count). The number of esters is 1. The molecule has 0 radical (unpaired) electrons. The van der Waals surface area contributed by atoms with Crippen molar-refractivity contribution in [2.75, 3.05) is 0 Å². The molecule has 0 saturated heterocycles. The van der Waals surface area contributed by atoms with Crippen LogP contribution in [-0.4, -0.2) is 18.5 Å². The maximum atomic E-state index is 12.5. The van der Waals surface area contributed by atoms with Crippen LogP contribution in [0, 0.1) is 0 Å². The minimum absolute atomic E-state index is 0.00479. The summed E-state index contributed by atoms with van der Waals surface area (Å²) in [5.41, 5.74) is 0.591. The van der Waals surface area contributed by atoms with Crippen LogP contribution in [0.2, 0.25) is 10.0 Å². The minimum Gasteiger partial charge on any atom is -0.434 e. The molecule has 1 aliphatic heterocycles. The van der Waals surface area contributed by atoms with Crippen molar-refractivity contribution in [3.05, 3.63) is 69.3 Å². The van der Waals surface area contributed by atoms with Gasteiger partial charge in [0.1, 0.15) is 5.75 Å². The molecule has 0 aliphatic carbocycles. The Labute approximate surface area is 151 Å². The smallest absolute Gasteiger partial charge is 0.387 e. The summed E-state index contributed by atoms with van der Waals surface area (Å²) in [5, 5.41) is 0.689. The summed E-state index contributed by atoms with van der Waals surface area (Å²) < 4.78 is 34.4. The van der Waals surface area contributed by atoms with E-state index in [0.29, 0.717) is 10.6 Å². The van der Waals surface area contributed by atoms with E-state index in [1.807, 2.05) is 0 Å². The summed E-state index contributed by atoms with van der Waals surface area (Å²) in [4.78, 5) is 16.1. The van der Waals surface area contributed by atoms with Gasteiger partial charge in [-0.15, -0.1) is 0 Å². The largest absolute Gasteiger partial charge is 0.434 e. The third kappa shape index (κ3) is 3.97. The molecule has 0 saturated carbocycles. The average Bonchev–Trinajstić information content (AvgIpc) is 2.89. The van der Waals surface area contributed by atoms with Gasteiger partial charge in [-0.25, -0.2) is 9.79 Å². The van der Waals surface area contributed by atoms with Gasteiger partial charge in [-0.3, -0.25) is 0 Å². The topological polar surface area (TPSA) is 47.9 Å². The van der Waals surface area contributed by atoms with Gasteiger partial charge in [0, 0.05) is 10.6 Å². The molecule has 0 amide bonds. The Morgan fingerprint density at radius 3 is 2.64 bits per heavy atom. The monoisotopic (exact) mass is 383 g/mol. The van der Waals surface area contributed by atoms with E-state index in [2.05, 4.69) is 9.73 Å². The lowest BCUT2D eigenvalue weighted by atomic mass is 10.1. The number of nitrogens with zero attached hydrogens (tertiary/aromatic N) is 1. The van der Waals surface area contributed by atoms with Gasteiger partial charge in [0.25, 0.3) is 0 Å². The Kier molecular flexibility index (Phi) is 5.01. The highest BCUT2D eigenvalue weighted by molar-refractivity contribution is 6.37. The fourth-order valence-electron chi connectivity index (χ4n) is 2.14. The van der Waals surface area contributed by atoms with Gasteiger partial charge in [0.2, 0.25) is 5.90 Å². The average molecular weight is 384 g/mol. The summed E-state index contributed by atoms with van der Waals surface area (Å²) in [6.07, 6.45) is 1.30. The Morgan fingerprint density at radius 2 is 1.92 bits per heavy atom. The van der Waals surface area contributed by atoms with Crippen LogP contribution in [0.25, 0.3) is 6.08 Å². The number of ether oxygens (including phenoxy) is 2. The van der Waals surface area contributed by atoms with Crippen molar-refractivity contribution >= 4 is 41.1 Å². The lowest BCUT2D eigenvalue weighted by Gasteiger charge is -2.07. The first-order valence-electron chi connectivity index (χ1n) is 6.96. The van der Waals surface area contributed by atoms with Crippen LogP contribution < -0.4 is 4.74 Å². The second-order valence-corrected chi connectivity index (χ2v) is 5.72. The molecular formula is C17H9Cl2F2NO3. The Morgan fingerprint density at radius 1 is 1.16 bits per heavy atom. The third-order valence-electron chi connectivity index (χ3n) is 3.21. The number of para-hydroxylation sites is 1. The van der Waals surface area contributed by atoms with Crippen molar-refractivity contribution in [3.8, 4) is 5.75 Å². The molecule has 0 N–H and O–H groups in total. The lowest BCUT2D eigenvalue weighted by molar-refractivity contribution is -0.129. The summed E-state index contributed by atoms with van der Waals surface area (Å²) in [5.74, 6) is -0.802.